The summed E-state index contributed by atoms with van der Waals surface area (Å²) in [4.78, 5) is 12.7. The van der Waals surface area contributed by atoms with E-state index in [0.717, 1.165) is 0 Å². The predicted molar refractivity (Wildman–Crippen MR) is 86.1 cm³/mol. The van der Waals surface area contributed by atoms with E-state index >= 15 is 0 Å². The molecule has 1 heterocycles. The molecule has 3 nitrogen and oxygen atoms in total. The summed E-state index contributed by atoms with van der Waals surface area (Å²) in [5.41, 5.74) is 1.51. The Morgan fingerprint density at radius 3 is 2.59 bits per heavy atom. The van der Waals surface area contributed by atoms with Crippen LogP contribution in [-0.4, -0.2) is 9.36 Å². The summed E-state index contributed by atoms with van der Waals surface area (Å²) in [6.07, 6.45) is 1.73. The third-order valence-electron chi connectivity index (χ3n) is 3.47. The first-order valence-corrected chi connectivity index (χ1v) is 7.32. The normalized spacial score (nSPS) is 10.9. The predicted octanol–water partition coefficient (Wildman–Crippen LogP) is 4.12. The molecule has 0 aliphatic carbocycles. The molecule has 3 rings (SSSR count). The molecule has 0 fully saturated rings. The first-order valence-electron chi connectivity index (χ1n) is 6.94. The lowest BCUT2D eigenvalue weighted by molar-refractivity contribution is 0.574. The summed E-state index contributed by atoms with van der Waals surface area (Å²) in [6, 6.07) is 13.1. The van der Waals surface area contributed by atoms with Gasteiger partial charge in [0.15, 0.2) is 0 Å². The Hall–Kier alpha value is -2.33. The van der Waals surface area contributed by atoms with Gasteiger partial charge in [-0.2, -0.15) is 0 Å². The van der Waals surface area contributed by atoms with Gasteiger partial charge in [-0.3, -0.25) is 9.48 Å². The molecule has 0 aliphatic rings. The van der Waals surface area contributed by atoms with E-state index < -0.39 is 0 Å². The van der Waals surface area contributed by atoms with Crippen molar-refractivity contribution in [2.75, 3.05) is 0 Å². The third-order valence-corrected chi connectivity index (χ3v) is 3.71. The number of aromatic nitrogens is 2. The summed E-state index contributed by atoms with van der Waals surface area (Å²) in [6.45, 7) is 2.55. The monoisotopic (exact) mass is 316 g/mol. The van der Waals surface area contributed by atoms with E-state index in [0.29, 0.717) is 28.4 Å². The third kappa shape index (κ3) is 2.57. The largest absolute Gasteiger partial charge is 0.285 e. The highest BCUT2D eigenvalue weighted by Crippen LogP contribution is 2.20. The van der Waals surface area contributed by atoms with Gasteiger partial charge in [-0.15, -0.1) is 0 Å². The van der Waals surface area contributed by atoms with Crippen LogP contribution in [0.25, 0.3) is 16.8 Å². The fourth-order valence-electron chi connectivity index (χ4n) is 2.45. The molecule has 22 heavy (non-hydrogen) atoms. The van der Waals surface area contributed by atoms with E-state index in [1.165, 1.54) is 12.1 Å². The van der Waals surface area contributed by atoms with Crippen molar-refractivity contribution in [1.82, 2.24) is 9.36 Å². The molecule has 1 aromatic heterocycles. The number of hydrogen-bond donors (Lipinski definition) is 0. The van der Waals surface area contributed by atoms with Crippen molar-refractivity contribution in [2.24, 2.45) is 0 Å². The minimum Gasteiger partial charge on any atom is -0.285 e. The molecule has 0 amide bonds. The maximum absolute atomic E-state index is 13.4. The summed E-state index contributed by atoms with van der Waals surface area (Å²) in [7, 11) is 0. The van der Waals surface area contributed by atoms with Gasteiger partial charge in [0.05, 0.1) is 11.3 Å². The van der Waals surface area contributed by atoms with Crippen LogP contribution in [0, 0.1) is 5.82 Å². The number of hydrogen-bond acceptors (Lipinski definition) is 1. The Morgan fingerprint density at radius 2 is 1.91 bits per heavy atom. The van der Waals surface area contributed by atoms with Crippen molar-refractivity contribution in [3.63, 3.8) is 0 Å². The highest BCUT2D eigenvalue weighted by molar-refractivity contribution is 6.30. The molecule has 0 bridgehead atoms. The van der Waals surface area contributed by atoms with Gasteiger partial charge in [-0.25, -0.2) is 9.07 Å². The van der Waals surface area contributed by atoms with Crippen molar-refractivity contribution < 1.29 is 4.39 Å². The maximum Gasteiger partial charge on any atom is 0.279 e. The molecule has 0 radical (unpaired) electrons. The number of halogens is 2. The molecule has 3 aromatic rings. The lowest BCUT2D eigenvalue weighted by Gasteiger charge is -2.09. The first kappa shape index (κ1) is 14.6. The molecule has 0 saturated carbocycles. The molecule has 0 atom stereocenters. The first-order chi connectivity index (χ1) is 10.6. The van der Waals surface area contributed by atoms with Crippen molar-refractivity contribution in [3.05, 3.63) is 75.9 Å². The Bertz CT molecular complexity index is 882. The number of aryl methyl sites for hydroxylation is 1. The minimum atomic E-state index is -0.365. The average Bonchev–Trinajstić information content (AvgIpc) is 2.84. The molecule has 112 valence electrons. The Labute approximate surface area is 132 Å². The molecule has 0 N–H and O–H groups in total. The fourth-order valence-corrected chi connectivity index (χ4v) is 2.64. The maximum atomic E-state index is 13.4. The van der Waals surface area contributed by atoms with Crippen molar-refractivity contribution >= 4 is 11.6 Å². The van der Waals surface area contributed by atoms with E-state index in [1.807, 2.05) is 13.0 Å². The van der Waals surface area contributed by atoms with E-state index in [-0.39, 0.29) is 11.4 Å². The lowest BCUT2D eigenvalue weighted by atomic mass is 10.1. The molecule has 5 heteroatoms. The van der Waals surface area contributed by atoms with Crippen LogP contribution in [0.2, 0.25) is 5.02 Å². The van der Waals surface area contributed by atoms with Crippen LogP contribution in [0.1, 0.15) is 6.92 Å². The summed E-state index contributed by atoms with van der Waals surface area (Å²) in [5, 5.41) is 0.556. The highest BCUT2D eigenvalue weighted by Gasteiger charge is 2.14. The quantitative estimate of drug-likeness (QED) is 0.714. The number of nitrogens with zero attached hydrogens (tertiary/aromatic N) is 2. The van der Waals surface area contributed by atoms with E-state index in [9.17, 15) is 9.18 Å². The smallest absolute Gasteiger partial charge is 0.279 e. The van der Waals surface area contributed by atoms with E-state index in [1.54, 1.807) is 45.9 Å². The molecule has 0 saturated heterocycles. The van der Waals surface area contributed by atoms with E-state index in [4.69, 9.17) is 11.6 Å². The topological polar surface area (TPSA) is 26.9 Å². The van der Waals surface area contributed by atoms with Gasteiger partial charge in [0, 0.05) is 17.8 Å². The Balaban J connectivity index is 2.22. The highest BCUT2D eigenvalue weighted by atomic mass is 35.5. The van der Waals surface area contributed by atoms with Crippen molar-refractivity contribution in [2.45, 2.75) is 13.5 Å². The van der Waals surface area contributed by atoms with Crippen LogP contribution in [0.15, 0.2) is 59.5 Å². The zero-order valence-corrected chi connectivity index (χ0v) is 12.7. The standard InChI is InChI=1S/C17H14ClFN2O/c1-2-20-11-16(12-5-3-7-14(19)9-12)17(22)21(20)15-8-4-6-13(18)10-15/h3-11H,2H2,1H3. The van der Waals surface area contributed by atoms with Gasteiger partial charge in [-0.1, -0.05) is 29.8 Å². The zero-order chi connectivity index (χ0) is 15.7. The van der Waals surface area contributed by atoms with Gasteiger partial charge in [-0.05, 0) is 42.8 Å². The van der Waals surface area contributed by atoms with Gasteiger partial charge >= 0.3 is 0 Å². The molecule has 0 aliphatic heterocycles. The van der Waals surface area contributed by atoms with Gasteiger partial charge in [0.2, 0.25) is 0 Å². The van der Waals surface area contributed by atoms with Crippen LogP contribution in [0.3, 0.4) is 0 Å². The number of benzene rings is 2. The molecule has 0 unspecified atom stereocenters. The van der Waals surface area contributed by atoms with Gasteiger partial charge in [0.1, 0.15) is 5.82 Å². The Kier molecular flexibility index (Phi) is 3.86. The zero-order valence-electron chi connectivity index (χ0n) is 12.0. The van der Waals surface area contributed by atoms with Crippen molar-refractivity contribution in [3.8, 4) is 16.8 Å². The SMILES string of the molecule is CCn1cc(-c2cccc(F)c2)c(=O)n1-c1cccc(Cl)c1. The minimum absolute atomic E-state index is 0.199. The number of rotatable bonds is 3. The second-order valence-electron chi connectivity index (χ2n) is 4.91. The summed E-state index contributed by atoms with van der Waals surface area (Å²) in [5.74, 6) is -0.365. The van der Waals surface area contributed by atoms with Crippen LogP contribution >= 0.6 is 11.6 Å². The Morgan fingerprint density at radius 1 is 1.14 bits per heavy atom. The lowest BCUT2D eigenvalue weighted by Crippen LogP contribution is -2.21. The second-order valence-corrected chi connectivity index (χ2v) is 5.34. The second kappa shape index (κ2) is 5.81. The summed E-state index contributed by atoms with van der Waals surface area (Å²) >= 11 is 6.01. The average molecular weight is 317 g/mol. The van der Waals surface area contributed by atoms with E-state index in [2.05, 4.69) is 0 Å². The van der Waals surface area contributed by atoms with Crippen LogP contribution in [-0.2, 0) is 6.54 Å². The molecular formula is C17H14ClFN2O. The van der Waals surface area contributed by atoms with Crippen molar-refractivity contribution in [1.29, 1.82) is 0 Å². The summed E-state index contributed by atoms with van der Waals surface area (Å²) < 4.78 is 16.8. The molecule has 2 aromatic carbocycles. The van der Waals surface area contributed by atoms with Gasteiger partial charge in [0.25, 0.3) is 5.56 Å². The molecular weight excluding hydrogens is 303 g/mol. The van der Waals surface area contributed by atoms with Crippen LogP contribution in [0.4, 0.5) is 4.39 Å². The van der Waals surface area contributed by atoms with Crippen LogP contribution in [0.5, 0.6) is 0 Å². The van der Waals surface area contributed by atoms with Gasteiger partial charge < -0.3 is 0 Å². The van der Waals surface area contributed by atoms with Crippen LogP contribution < -0.4 is 5.56 Å². The molecule has 0 spiro atoms. The fraction of sp³-hybridized carbons (Fsp3) is 0.118.